The molecule has 0 spiro atoms. The standard InChI is InChI=1S/C22H23N3O2/c1-2-16-6-5-7-17(14-16)24-21-18-8-3-4-9-20(18)23-15-19(21)22(26)25-10-12-27-13-11-25/h3-9,14-15H,2,10-13H2,1H3,(H,23,24). The maximum absolute atomic E-state index is 13.2. The van der Waals surface area contributed by atoms with Gasteiger partial charge in [-0.1, -0.05) is 37.3 Å². The number of rotatable bonds is 4. The molecule has 1 N–H and O–H groups in total. The number of ether oxygens (including phenoxy) is 1. The fourth-order valence-corrected chi connectivity index (χ4v) is 3.39. The van der Waals surface area contributed by atoms with Gasteiger partial charge in [-0.15, -0.1) is 0 Å². The van der Waals surface area contributed by atoms with Gasteiger partial charge in [0.25, 0.3) is 5.91 Å². The minimum Gasteiger partial charge on any atom is -0.378 e. The van der Waals surface area contributed by atoms with Crippen LogP contribution in [0.4, 0.5) is 11.4 Å². The molecule has 1 fully saturated rings. The second kappa shape index (κ2) is 7.76. The zero-order valence-corrected chi connectivity index (χ0v) is 15.4. The molecule has 2 heterocycles. The van der Waals surface area contributed by atoms with Crippen LogP contribution in [0.15, 0.2) is 54.7 Å². The van der Waals surface area contributed by atoms with Crippen molar-refractivity contribution >= 4 is 28.2 Å². The molecule has 4 rings (SSSR count). The molecule has 0 atom stereocenters. The quantitative estimate of drug-likeness (QED) is 0.763. The van der Waals surface area contributed by atoms with Gasteiger partial charge in [-0.25, -0.2) is 0 Å². The summed E-state index contributed by atoms with van der Waals surface area (Å²) in [6.07, 6.45) is 2.65. The summed E-state index contributed by atoms with van der Waals surface area (Å²) in [5, 5.41) is 4.43. The van der Waals surface area contributed by atoms with Crippen molar-refractivity contribution in [3.8, 4) is 0 Å². The fourth-order valence-electron chi connectivity index (χ4n) is 3.39. The molecule has 2 aromatic carbocycles. The first-order valence-electron chi connectivity index (χ1n) is 9.37. The number of nitrogens with one attached hydrogen (secondary N) is 1. The third-order valence-electron chi connectivity index (χ3n) is 4.91. The predicted molar refractivity (Wildman–Crippen MR) is 108 cm³/mol. The first-order valence-corrected chi connectivity index (χ1v) is 9.37. The highest BCUT2D eigenvalue weighted by molar-refractivity contribution is 6.08. The van der Waals surface area contributed by atoms with E-state index in [4.69, 9.17) is 4.74 Å². The van der Waals surface area contributed by atoms with Crippen LogP contribution in [0.5, 0.6) is 0 Å². The lowest BCUT2D eigenvalue weighted by Crippen LogP contribution is -2.41. The molecule has 138 valence electrons. The minimum atomic E-state index is -0.00861. The van der Waals surface area contributed by atoms with Gasteiger partial charge in [0.1, 0.15) is 0 Å². The van der Waals surface area contributed by atoms with E-state index in [0.29, 0.717) is 31.9 Å². The number of anilines is 2. The fraction of sp³-hybridized carbons (Fsp3) is 0.273. The van der Waals surface area contributed by atoms with Crippen molar-refractivity contribution in [1.29, 1.82) is 0 Å². The van der Waals surface area contributed by atoms with Crippen molar-refractivity contribution in [3.63, 3.8) is 0 Å². The molecule has 5 nitrogen and oxygen atoms in total. The molecule has 0 aliphatic carbocycles. The van der Waals surface area contributed by atoms with E-state index < -0.39 is 0 Å². The van der Waals surface area contributed by atoms with Gasteiger partial charge in [0.05, 0.1) is 30.0 Å². The van der Waals surface area contributed by atoms with E-state index in [-0.39, 0.29) is 5.91 Å². The Morgan fingerprint density at radius 3 is 2.78 bits per heavy atom. The van der Waals surface area contributed by atoms with Crippen molar-refractivity contribution in [3.05, 3.63) is 65.9 Å². The number of carbonyl (C=O) groups excluding carboxylic acids is 1. The largest absolute Gasteiger partial charge is 0.378 e. The van der Waals surface area contributed by atoms with Gasteiger partial charge in [-0.05, 0) is 30.2 Å². The zero-order chi connectivity index (χ0) is 18.6. The molecular formula is C22H23N3O2. The monoisotopic (exact) mass is 361 g/mol. The van der Waals surface area contributed by atoms with E-state index in [2.05, 4.69) is 29.4 Å². The Kier molecular flexibility index (Phi) is 5.03. The third kappa shape index (κ3) is 3.64. The number of pyridine rings is 1. The normalized spacial score (nSPS) is 14.3. The van der Waals surface area contributed by atoms with E-state index in [9.17, 15) is 4.79 Å². The molecule has 0 unspecified atom stereocenters. The van der Waals surface area contributed by atoms with Gasteiger partial charge in [-0.3, -0.25) is 9.78 Å². The van der Waals surface area contributed by atoms with Crippen molar-refractivity contribution < 1.29 is 9.53 Å². The van der Waals surface area contributed by atoms with Crippen LogP contribution < -0.4 is 5.32 Å². The second-order valence-corrected chi connectivity index (χ2v) is 6.65. The minimum absolute atomic E-state index is 0.00861. The second-order valence-electron chi connectivity index (χ2n) is 6.65. The number of nitrogens with zero attached hydrogens (tertiary/aromatic N) is 2. The van der Waals surface area contributed by atoms with Crippen molar-refractivity contribution in [1.82, 2.24) is 9.88 Å². The van der Waals surface area contributed by atoms with E-state index in [1.54, 1.807) is 6.20 Å². The van der Waals surface area contributed by atoms with Crippen LogP contribution in [-0.2, 0) is 11.2 Å². The predicted octanol–water partition coefficient (Wildman–Crippen LogP) is 4.01. The highest BCUT2D eigenvalue weighted by atomic mass is 16.5. The Morgan fingerprint density at radius 2 is 1.96 bits per heavy atom. The summed E-state index contributed by atoms with van der Waals surface area (Å²) in [5.41, 5.74) is 4.49. The summed E-state index contributed by atoms with van der Waals surface area (Å²) in [7, 11) is 0. The van der Waals surface area contributed by atoms with E-state index in [1.165, 1.54) is 5.56 Å². The summed E-state index contributed by atoms with van der Waals surface area (Å²) in [6, 6.07) is 16.2. The van der Waals surface area contributed by atoms with Crippen LogP contribution >= 0.6 is 0 Å². The number of para-hydroxylation sites is 1. The molecule has 0 saturated carbocycles. The lowest BCUT2D eigenvalue weighted by Gasteiger charge is -2.28. The van der Waals surface area contributed by atoms with Crippen LogP contribution in [0.25, 0.3) is 10.9 Å². The van der Waals surface area contributed by atoms with Gasteiger partial charge in [0.2, 0.25) is 0 Å². The molecule has 27 heavy (non-hydrogen) atoms. The highest BCUT2D eigenvalue weighted by Gasteiger charge is 2.23. The average Bonchev–Trinajstić information content (AvgIpc) is 2.74. The summed E-state index contributed by atoms with van der Waals surface area (Å²) in [5.74, 6) is -0.00861. The van der Waals surface area contributed by atoms with Crippen LogP contribution in [0, 0.1) is 0 Å². The van der Waals surface area contributed by atoms with Crippen LogP contribution in [0.2, 0.25) is 0 Å². The Bertz CT molecular complexity index is 965. The summed E-state index contributed by atoms with van der Waals surface area (Å²) in [4.78, 5) is 19.5. The maximum atomic E-state index is 13.2. The Morgan fingerprint density at radius 1 is 1.15 bits per heavy atom. The molecule has 3 aromatic rings. The highest BCUT2D eigenvalue weighted by Crippen LogP contribution is 2.30. The first kappa shape index (κ1) is 17.5. The number of aryl methyl sites for hydroxylation is 1. The van der Waals surface area contributed by atoms with Crippen LogP contribution in [0.1, 0.15) is 22.8 Å². The van der Waals surface area contributed by atoms with Crippen LogP contribution in [0.3, 0.4) is 0 Å². The number of fused-ring (bicyclic) bond motifs is 1. The third-order valence-corrected chi connectivity index (χ3v) is 4.91. The average molecular weight is 361 g/mol. The Hall–Kier alpha value is -2.92. The van der Waals surface area contributed by atoms with Gasteiger partial charge in [0, 0.05) is 30.4 Å². The zero-order valence-electron chi connectivity index (χ0n) is 15.4. The summed E-state index contributed by atoms with van der Waals surface area (Å²) < 4.78 is 5.38. The molecule has 0 radical (unpaired) electrons. The van der Waals surface area contributed by atoms with Crippen molar-refractivity contribution in [2.75, 3.05) is 31.6 Å². The SMILES string of the molecule is CCc1cccc(Nc2c(C(=O)N3CCOCC3)cnc3ccccc23)c1. The van der Waals surface area contributed by atoms with Gasteiger partial charge in [0.15, 0.2) is 0 Å². The molecule has 1 saturated heterocycles. The molecule has 5 heteroatoms. The summed E-state index contributed by atoms with van der Waals surface area (Å²) in [6.45, 7) is 4.50. The smallest absolute Gasteiger partial charge is 0.257 e. The van der Waals surface area contributed by atoms with Crippen LogP contribution in [-0.4, -0.2) is 42.1 Å². The molecule has 1 aliphatic rings. The summed E-state index contributed by atoms with van der Waals surface area (Å²) >= 11 is 0. The Balaban J connectivity index is 1.78. The van der Waals surface area contributed by atoms with Crippen molar-refractivity contribution in [2.45, 2.75) is 13.3 Å². The van der Waals surface area contributed by atoms with E-state index in [0.717, 1.165) is 28.7 Å². The molecular weight excluding hydrogens is 338 g/mol. The number of aromatic nitrogens is 1. The number of carbonyl (C=O) groups is 1. The molecule has 1 amide bonds. The number of morpholine rings is 1. The molecule has 1 aliphatic heterocycles. The van der Waals surface area contributed by atoms with E-state index in [1.807, 2.05) is 41.3 Å². The van der Waals surface area contributed by atoms with Crippen molar-refractivity contribution in [2.24, 2.45) is 0 Å². The van der Waals surface area contributed by atoms with Gasteiger partial charge < -0.3 is 15.0 Å². The molecule has 1 aromatic heterocycles. The maximum Gasteiger partial charge on any atom is 0.257 e. The lowest BCUT2D eigenvalue weighted by atomic mass is 10.1. The topological polar surface area (TPSA) is 54.5 Å². The first-order chi connectivity index (χ1) is 13.3. The molecule has 0 bridgehead atoms. The van der Waals surface area contributed by atoms with Gasteiger partial charge in [-0.2, -0.15) is 0 Å². The lowest BCUT2D eigenvalue weighted by molar-refractivity contribution is 0.0303. The number of benzene rings is 2. The van der Waals surface area contributed by atoms with Gasteiger partial charge >= 0.3 is 0 Å². The number of hydrogen-bond donors (Lipinski definition) is 1. The number of amides is 1. The Labute approximate surface area is 159 Å². The van der Waals surface area contributed by atoms with E-state index >= 15 is 0 Å². The number of hydrogen-bond acceptors (Lipinski definition) is 4.